The Kier molecular flexibility index (Phi) is 4.41. The van der Waals surface area contributed by atoms with E-state index in [1.54, 1.807) is 6.07 Å². The number of hydrogen-bond acceptors (Lipinski definition) is 3. The lowest BCUT2D eigenvalue weighted by atomic mass is 10.2. The first-order valence-corrected chi connectivity index (χ1v) is 4.87. The average molecular weight is 226 g/mol. The van der Waals surface area contributed by atoms with E-state index in [4.69, 9.17) is 26.3 Å². The van der Waals surface area contributed by atoms with Gasteiger partial charge < -0.3 is 9.47 Å². The SMILES string of the molecule is COCC(C#N)Oc1cccc(C)c1Cl. The summed E-state index contributed by atoms with van der Waals surface area (Å²) in [6.45, 7) is 2.10. The Hall–Kier alpha value is -1.24. The number of nitrogens with zero attached hydrogens (tertiary/aromatic N) is 1. The smallest absolute Gasteiger partial charge is 0.207 e. The van der Waals surface area contributed by atoms with Crippen molar-refractivity contribution in [2.24, 2.45) is 0 Å². The van der Waals surface area contributed by atoms with Gasteiger partial charge in [0, 0.05) is 7.11 Å². The Bertz CT molecular complexity index is 373. The molecule has 0 spiro atoms. The minimum absolute atomic E-state index is 0.223. The molecule has 0 N–H and O–H groups in total. The molecule has 0 saturated heterocycles. The van der Waals surface area contributed by atoms with Gasteiger partial charge in [-0.05, 0) is 18.6 Å². The van der Waals surface area contributed by atoms with Crippen LogP contribution in [0.5, 0.6) is 5.75 Å². The normalized spacial score (nSPS) is 11.9. The summed E-state index contributed by atoms with van der Waals surface area (Å²) < 4.78 is 10.2. The molecule has 0 radical (unpaired) electrons. The van der Waals surface area contributed by atoms with Crippen LogP contribution >= 0.6 is 11.6 Å². The van der Waals surface area contributed by atoms with E-state index in [-0.39, 0.29) is 6.61 Å². The summed E-state index contributed by atoms with van der Waals surface area (Å²) in [7, 11) is 1.52. The fraction of sp³-hybridized carbons (Fsp3) is 0.364. The molecule has 1 rings (SSSR count). The summed E-state index contributed by atoms with van der Waals surface area (Å²) in [4.78, 5) is 0. The van der Waals surface area contributed by atoms with Crippen molar-refractivity contribution in [2.75, 3.05) is 13.7 Å². The maximum absolute atomic E-state index is 8.78. The highest BCUT2D eigenvalue weighted by Crippen LogP contribution is 2.28. The minimum atomic E-state index is -0.630. The number of nitriles is 1. The molecule has 1 aromatic carbocycles. The van der Waals surface area contributed by atoms with Gasteiger partial charge in [-0.3, -0.25) is 0 Å². The summed E-state index contributed by atoms with van der Waals surface area (Å²) in [5, 5.41) is 9.32. The van der Waals surface area contributed by atoms with Crippen LogP contribution in [0.2, 0.25) is 5.02 Å². The summed E-state index contributed by atoms with van der Waals surface area (Å²) >= 11 is 6.02. The third kappa shape index (κ3) is 3.12. The average Bonchev–Trinajstić information content (AvgIpc) is 2.24. The Labute approximate surface area is 94.2 Å². The molecule has 0 saturated carbocycles. The van der Waals surface area contributed by atoms with Gasteiger partial charge in [-0.2, -0.15) is 5.26 Å². The van der Waals surface area contributed by atoms with Crippen molar-refractivity contribution in [1.29, 1.82) is 5.26 Å². The number of methoxy groups -OCH3 is 1. The van der Waals surface area contributed by atoms with Crippen LogP contribution in [0.4, 0.5) is 0 Å². The molecular formula is C11H12ClNO2. The van der Waals surface area contributed by atoms with E-state index in [0.717, 1.165) is 5.56 Å². The highest BCUT2D eigenvalue weighted by molar-refractivity contribution is 6.32. The van der Waals surface area contributed by atoms with Gasteiger partial charge >= 0.3 is 0 Å². The Morgan fingerprint density at radius 3 is 2.87 bits per heavy atom. The van der Waals surface area contributed by atoms with Crippen molar-refractivity contribution in [1.82, 2.24) is 0 Å². The van der Waals surface area contributed by atoms with E-state index >= 15 is 0 Å². The number of hydrogen-bond donors (Lipinski definition) is 0. The maximum Gasteiger partial charge on any atom is 0.207 e. The zero-order chi connectivity index (χ0) is 11.3. The van der Waals surface area contributed by atoms with Crippen LogP contribution in [-0.4, -0.2) is 19.8 Å². The van der Waals surface area contributed by atoms with Crippen LogP contribution in [0, 0.1) is 18.3 Å². The maximum atomic E-state index is 8.78. The minimum Gasteiger partial charge on any atom is -0.472 e. The van der Waals surface area contributed by atoms with Gasteiger partial charge in [0.25, 0.3) is 0 Å². The summed E-state index contributed by atoms with van der Waals surface area (Å²) in [6.07, 6.45) is -0.630. The number of rotatable bonds is 4. The number of ether oxygens (including phenoxy) is 2. The summed E-state index contributed by atoms with van der Waals surface area (Å²) in [6, 6.07) is 7.44. The molecule has 0 heterocycles. The molecule has 3 nitrogen and oxygen atoms in total. The van der Waals surface area contributed by atoms with Gasteiger partial charge in [0.1, 0.15) is 11.8 Å². The molecule has 1 atom stereocenters. The lowest BCUT2D eigenvalue weighted by Crippen LogP contribution is -2.20. The van der Waals surface area contributed by atoms with Crippen molar-refractivity contribution >= 4 is 11.6 Å². The van der Waals surface area contributed by atoms with E-state index in [1.807, 2.05) is 25.1 Å². The first kappa shape index (κ1) is 11.8. The highest BCUT2D eigenvalue weighted by atomic mass is 35.5. The third-order valence-corrected chi connectivity index (χ3v) is 2.37. The zero-order valence-corrected chi connectivity index (χ0v) is 9.41. The number of halogens is 1. The van der Waals surface area contributed by atoms with Crippen LogP contribution in [0.3, 0.4) is 0 Å². The molecule has 15 heavy (non-hydrogen) atoms. The van der Waals surface area contributed by atoms with Gasteiger partial charge in [0.05, 0.1) is 11.6 Å². The van der Waals surface area contributed by atoms with E-state index in [1.165, 1.54) is 7.11 Å². The molecule has 0 amide bonds. The van der Waals surface area contributed by atoms with Crippen LogP contribution in [0.15, 0.2) is 18.2 Å². The van der Waals surface area contributed by atoms with Gasteiger partial charge in [-0.25, -0.2) is 0 Å². The quantitative estimate of drug-likeness (QED) is 0.791. The fourth-order valence-corrected chi connectivity index (χ4v) is 1.28. The van der Waals surface area contributed by atoms with Gasteiger partial charge in [0.15, 0.2) is 0 Å². The largest absolute Gasteiger partial charge is 0.472 e. The number of aryl methyl sites for hydroxylation is 1. The highest BCUT2D eigenvalue weighted by Gasteiger charge is 2.11. The van der Waals surface area contributed by atoms with Crippen molar-refractivity contribution in [3.8, 4) is 11.8 Å². The monoisotopic (exact) mass is 225 g/mol. The van der Waals surface area contributed by atoms with Gasteiger partial charge in [-0.15, -0.1) is 0 Å². The van der Waals surface area contributed by atoms with Crippen LogP contribution < -0.4 is 4.74 Å². The molecule has 0 aliphatic rings. The van der Waals surface area contributed by atoms with Crippen molar-refractivity contribution < 1.29 is 9.47 Å². The van der Waals surface area contributed by atoms with E-state index in [9.17, 15) is 0 Å². The fourth-order valence-electron chi connectivity index (χ4n) is 1.11. The Morgan fingerprint density at radius 1 is 1.53 bits per heavy atom. The first-order valence-electron chi connectivity index (χ1n) is 4.49. The van der Waals surface area contributed by atoms with E-state index < -0.39 is 6.10 Å². The molecular weight excluding hydrogens is 214 g/mol. The first-order chi connectivity index (χ1) is 7.19. The molecule has 0 fully saturated rings. The van der Waals surface area contributed by atoms with Crippen molar-refractivity contribution in [3.63, 3.8) is 0 Å². The summed E-state index contributed by atoms with van der Waals surface area (Å²) in [5.74, 6) is 0.514. The standard InChI is InChI=1S/C11H12ClNO2/c1-8-4-3-5-10(11(8)12)15-9(6-13)7-14-2/h3-5,9H,7H2,1-2H3. The van der Waals surface area contributed by atoms with Crippen molar-refractivity contribution in [2.45, 2.75) is 13.0 Å². The van der Waals surface area contributed by atoms with Gasteiger partial charge in [0.2, 0.25) is 6.10 Å². The molecule has 0 aromatic heterocycles. The van der Waals surface area contributed by atoms with E-state index in [2.05, 4.69) is 0 Å². The van der Waals surface area contributed by atoms with Crippen molar-refractivity contribution in [3.05, 3.63) is 28.8 Å². The predicted octanol–water partition coefficient (Wildman–Crippen LogP) is 2.57. The van der Waals surface area contributed by atoms with E-state index in [0.29, 0.717) is 10.8 Å². The summed E-state index contributed by atoms with van der Waals surface area (Å²) in [5.41, 5.74) is 0.920. The molecule has 0 aliphatic heterocycles. The Morgan fingerprint density at radius 2 is 2.27 bits per heavy atom. The molecule has 80 valence electrons. The van der Waals surface area contributed by atoms with Crippen LogP contribution in [0.25, 0.3) is 0 Å². The molecule has 0 aliphatic carbocycles. The van der Waals surface area contributed by atoms with Gasteiger partial charge in [-0.1, -0.05) is 23.7 Å². The third-order valence-electron chi connectivity index (χ3n) is 1.89. The second-order valence-electron chi connectivity index (χ2n) is 3.08. The number of benzene rings is 1. The zero-order valence-electron chi connectivity index (χ0n) is 8.66. The molecule has 1 aromatic rings. The molecule has 1 unspecified atom stereocenters. The lowest BCUT2D eigenvalue weighted by molar-refractivity contribution is 0.112. The lowest BCUT2D eigenvalue weighted by Gasteiger charge is -2.13. The Balaban J connectivity index is 2.80. The second kappa shape index (κ2) is 5.59. The van der Waals surface area contributed by atoms with Crippen LogP contribution in [-0.2, 0) is 4.74 Å². The predicted molar refractivity (Wildman–Crippen MR) is 58.1 cm³/mol. The molecule has 0 bridgehead atoms. The second-order valence-corrected chi connectivity index (χ2v) is 3.46. The topological polar surface area (TPSA) is 42.2 Å². The van der Waals surface area contributed by atoms with Crippen LogP contribution in [0.1, 0.15) is 5.56 Å². The molecule has 4 heteroatoms.